The third-order valence-electron chi connectivity index (χ3n) is 3.62. The standard InChI is InChI=1S/C15H26N4/c1-3-7-18-8-10-19(11-9-18)15-14(12-13(2)16)5-4-6-17-15/h4-6,13H,3,7-12,16H2,1-2H3. The second kappa shape index (κ2) is 6.87. The summed E-state index contributed by atoms with van der Waals surface area (Å²) >= 11 is 0. The Morgan fingerprint density at radius 1 is 1.32 bits per heavy atom. The molecule has 1 aromatic rings. The fourth-order valence-corrected chi connectivity index (χ4v) is 2.72. The fraction of sp³-hybridized carbons (Fsp3) is 0.667. The first-order valence-corrected chi connectivity index (χ1v) is 7.37. The van der Waals surface area contributed by atoms with E-state index in [1.807, 2.05) is 12.3 Å². The molecule has 0 aromatic carbocycles. The van der Waals surface area contributed by atoms with Gasteiger partial charge in [0, 0.05) is 38.4 Å². The summed E-state index contributed by atoms with van der Waals surface area (Å²) in [6.45, 7) is 9.93. The van der Waals surface area contributed by atoms with Crippen LogP contribution in [0.3, 0.4) is 0 Å². The van der Waals surface area contributed by atoms with E-state index in [4.69, 9.17) is 5.73 Å². The topological polar surface area (TPSA) is 45.4 Å². The molecule has 19 heavy (non-hydrogen) atoms. The van der Waals surface area contributed by atoms with Gasteiger partial charge in [-0.2, -0.15) is 0 Å². The minimum absolute atomic E-state index is 0.185. The number of rotatable bonds is 5. The summed E-state index contributed by atoms with van der Waals surface area (Å²) in [7, 11) is 0. The molecule has 1 aliphatic heterocycles. The molecule has 1 unspecified atom stereocenters. The van der Waals surface area contributed by atoms with Gasteiger partial charge in [0.2, 0.25) is 0 Å². The molecule has 0 spiro atoms. The Bertz CT molecular complexity index is 383. The number of nitrogens with zero attached hydrogens (tertiary/aromatic N) is 3. The van der Waals surface area contributed by atoms with Crippen LogP contribution in [0.5, 0.6) is 0 Å². The highest BCUT2D eigenvalue weighted by Gasteiger charge is 2.19. The van der Waals surface area contributed by atoms with Gasteiger partial charge in [-0.25, -0.2) is 4.98 Å². The second-order valence-electron chi connectivity index (χ2n) is 5.50. The largest absolute Gasteiger partial charge is 0.354 e. The van der Waals surface area contributed by atoms with Crippen molar-refractivity contribution in [3.8, 4) is 0 Å². The van der Waals surface area contributed by atoms with Gasteiger partial charge in [-0.05, 0) is 37.9 Å². The monoisotopic (exact) mass is 262 g/mol. The summed E-state index contributed by atoms with van der Waals surface area (Å²) in [6.07, 6.45) is 4.02. The van der Waals surface area contributed by atoms with Gasteiger partial charge in [0.05, 0.1) is 0 Å². The molecule has 0 bridgehead atoms. The van der Waals surface area contributed by atoms with Crippen molar-refractivity contribution in [1.29, 1.82) is 0 Å². The van der Waals surface area contributed by atoms with Crippen LogP contribution in [-0.4, -0.2) is 48.6 Å². The van der Waals surface area contributed by atoms with Gasteiger partial charge in [0.15, 0.2) is 0 Å². The van der Waals surface area contributed by atoms with E-state index in [0.29, 0.717) is 0 Å². The Morgan fingerprint density at radius 3 is 2.68 bits per heavy atom. The summed E-state index contributed by atoms with van der Waals surface area (Å²) in [6, 6.07) is 4.35. The van der Waals surface area contributed by atoms with Gasteiger partial charge < -0.3 is 10.6 Å². The van der Waals surface area contributed by atoms with Crippen molar-refractivity contribution in [2.24, 2.45) is 5.73 Å². The van der Waals surface area contributed by atoms with Crippen molar-refractivity contribution < 1.29 is 0 Å². The summed E-state index contributed by atoms with van der Waals surface area (Å²) in [5.74, 6) is 1.14. The maximum Gasteiger partial charge on any atom is 0.131 e. The molecule has 4 heteroatoms. The van der Waals surface area contributed by atoms with E-state index in [2.05, 4.69) is 34.7 Å². The van der Waals surface area contributed by atoms with E-state index in [0.717, 1.165) is 38.4 Å². The SMILES string of the molecule is CCCN1CCN(c2ncccc2CC(C)N)CC1. The molecule has 1 saturated heterocycles. The molecule has 1 aliphatic rings. The van der Waals surface area contributed by atoms with Crippen LogP contribution in [0.4, 0.5) is 5.82 Å². The number of hydrogen-bond acceptors (Lipinski definition) is 4. The molecule has 1 aromatic heterocycles. The molecule has 2 N–H and O–H groups in total. The Balaban J connectivity index is 2.02. The summed E-state index contributed by atoms with van der Waals surface area (Å²) in [5.41, 5.74) is 7.21. The van der Waals surface area contributed by atoms with Gasteiger partial charge in [0.25, 0.3) is 0 Å². The van der Waals surface area contributed by atoms with Crippen molar-refractivity contribution in [2.45, 2.75) is 32.7 Å². The van der Waals surface area contributed by atoms with Crippen LogP contribution in [0.25, 0.3) is 0 Å². The molecule has 4 nitrogen and oxygen atoms in total. The molecule has 0 radical (unpaired) electrons. The first-order valence-electron chi connectivity index (χ1n) is 7.37. The third kappa shape index (κ3) is 3.91. The Hall–Kier alpha value is -1.13. The van der Waals surface area contributed by atoms with Gasteiger partial charge in [0.1, 0.15) is 5.82 Å². The first kappa shape index (κ1) is 14.3. The molecule has 106 valence electrons. The number of aromatic nitrogens is 1. The van der Waals surface area contributed by atoms with Gasteiger partial charge in [-0.1, -0.05) is 13.0 Å². The highest BCUT2D eigenvalue weighted by molar-refractivity contribution is 5.47. The van der Waals surface area contributed by atoms with Crippen molar-refractivity contribution in [1.82, 2.24) is 9.88 Å². The Kier molecular flexibility index (Phi) is 5.16. The summed E-state index contributed by atoms with van der Waals surface area (Å²) in [5, 5.41) is 0. The van der Waals surface area contributed by atoms with E-state index >= 15 is 0 Å². The second-order valence-corrected chi connectivity index (χ2v) is 5.50. The van der Waals surface area contributed by atoms with Crippen molar-refractivity contribution in [3.05, 3.63) is 23.9 Å². The average molecular weight is 262 g/mol. The molecule has 0 saturated carbocycles. The maximum atomic E-state index is 5.93. The minimum atomic E-state index is 0.185. The molecule has 1 atom stereocenters. The summed E-state index contributed by atoms with van der Waals surface area (Å²) in [4.78, 5) is 9.52. The lowest BCUT2D eigenvalue weighted by Crippen LogP contribution is -2.47. The molecule has 2 rings (SSSR count). The highest BCUT2D eigenvalue weighted by Crippen LogP contribution is 2.20. The van der Waals surface area contributed by atoms with E-state index in [1.54, 1.807) is 0 Å². The molecule has 0 aliphatic carbocycles. The Morgan fingerprint density at radius 2 is 2.05 bits per heavy atom. The fourth-order valence-electron chi connectivity index (χ4n) is 2.72. The maximum absolute atomic E-state index is 5.93. The van der Waals surface area contributed by atoms with Gasteiger partial charge >= 0.3 is 0 Å². The van der Waals surface area contributed by atoms with Crippen LogP contribution in [0.2, 0.25) is 0 Å². The van der Waals surface area contributed by atoms with Crippen molar-refractivity contribution in [3.63, 3.8) is 0 Å². The molecular weight excluding hydrogens is 236 g/mol. The lowest BCUT2D eigenvalue weighted by molar-refractivity contribution is 0.258. The molecule has 1 fully saturated rings. The van der Waals surface area contributed by atoms with Crippen LogP contribution >= 0.6 is 0 Å². The van der Waals surface area contributed by atoms with Crippen molar-refractivity contribution >= 4 is 5.82 Å². The number of piperazine rings is 1. The van der Waals surface area contributed by atoms with Crippen LogP contribution in [0, 0.1) is 0 Å². The van der Waals surface area contributed by atoms with Gasteiger partial charge in [-0.15, -0.1) is 0 Å². The van der Waals surface area contributed by atoms with E-state index in [9.17, 15) is 0 Å². The van der Waals surface area contributed by atoms with E-state index in [-0.39, 0.29) is 6.04 Å². The zero-order chi connectivity index (χ0) is 13.7. The van der Waals surface area contributed by atoms with Crippen LogP contribution in [0.1, 0.15) is 25.8 Å². The van der Waals surface area contributed by atoms with Crippen LogP contribution in [0.15, 0.2) is 18.3 Å². The zero-order valence-electron chi connectivity index (χ0n) is 12.2. The predicted molar refractivity (Wildman–Crippen MR) is 80.5 cm³/mol. The van der Waals surface area contributed by atoms with Gasteiger partial charge in [-0.3, -0.25) is 4.90 Å². The van der Waals surface area contributed by atoms with Crippen LogP contribution < -0.4 is 10.6 Å². The summed E-state index contributed by atoms with van der Waals surface area (Å²) < 4.78 is 0. The smallest absolute Gasteiger partial charge is 0.131 e. The Labute approximate surface area is 116 Å². The quantitative estimate of drug-likeness (QED) is 0.873. The zero-order valence-corrected chi connectivity index (χ0v) is 12.2. The average Bonchev–Trinajstić information content (AvgIpc) is 2.40. The number of nitrogens with two attached hydrogens (primary N) is 1. The predicted octanol–water partition coefficient (Wildman–Crippen LogP) is 1.50. The third-order valence-corrected chi connectivity index (χ3v) is 3.62. The minimum Gasteiger partial charge on any atom is -0.354 e. The normalized spacial score (nSPS) is 18.6. The van der Waals surface area contributed by atoms with Crippen molar-refractivity contribution in [2.75, 3.05) is 37.6 Å². The lowest BCUT2D eigenvalue weighted by atomic mass is 10.1. The molecular formula is C15H26N4. The number of anilines is 1. The first-order chi connectivity index (χ1) is 9.20. The molecule has 0 amide bonds. The van der Waals surface area contributed by atoms with Crippen LogP contribution in [-0.2, 0) is 6.42 Å². The lowest BCUT2D eigenvalue weighted by Gasteiger charge is -2.36. The molecule has 2 heterocycles. The van der Waals surface area contributed by atoms with E-state index < -0.39 is 0 Å². The van der Waals surface area contributed by atoms with E-state index in [1.165, 1.54) is 18.5 Å². The highest BCUT2D eigenvalue weighted by atomic mass is 15.3. The number of pyridine rings is 1. The number of hydrogen-bond donors (Lipinski definition) is 1.